The van der Waals surface area contributed by atoms with E-state index < -0.39 is 0 Å². The normalized spacial score (nSPS) is 32.9. The summed E-state index contributed by atoms with van der Waals surface area (Å²) in [4.78, 5) is 1.33. The summed E-state index contributed by atoms with van der Waals surface area (Å²) >= 11 is 1.79. The molecule has 2 N–H and O–H groups in total. The minimum atomic E-state index is 0.265. The first kappa shape index (κ1) is 11.6. The number of benzene rings is 1. The third-order valence-corrected chi connectivity index (χ3v) is 5.50. The topological polar surface area (TPSA) is 26.0 Å². The zero-order valence-electron chi connectivity index (χ0n) is 10.4. The Morgan fingerprint density at radius 1 is 1.18 bits per heavy atom. The summed E-state index contributed by atoms with van der Waals surface area (Å²) in [5.74, 6) is 2.64. The summed E-state index contributed by atoms with van der Waals surface area (Å²) in [5, 5.41) is 0. The van der Waals surface area contributed by atoms with Crippen molar-refractivity contribution in [2.45, 2.75) is 36.6 Å². The lowest BCUT2D eigenvalue weighted by Gasteiger charge is -2.28. The zero-order valence-corrected chi connectivity index (χ0v) is 11.2. The highest BCUT2D eigenvalue weighted by atomic mass is 32.2. The molecule has 0 aromatic heterocycles. The molecular formula is C15H21NS. The summed E-state index contributed by atoms with van der Waals surface area (Å²) in [6, 6.07) is 9.12. The van der Waals surface area contributed by atoms with Crippen molar-refractivity contribution in [3.63, 3.8) is 0 Å². The molecule has 2 heteroatoms. The summed E-state index contributed by atoms with van der Waals surface area (Å²) in [6.07, 6.45) is 7.81. The summed E-state index contributed by atoms with van der Waals surface area (Å²) in [6.45, 7) is 0. The van der Waals surface area contributed by atoms with Gasteiger partial charge in [-0.05, 0) is 61.0 Å². The Morgan fingerprint density at radius 3 is 2.47 bits per heavy atom. The molecule has 2 aliphatic carbocycles. The maximum atomic E-state index is 6.47. The number of fused-ring (bicyclic) bond motifs is 2. The van der Waals surface area contributed by atoms with Crippen LogP contribution in [0.4, 0.5) is 0 Å². The van der Waals surface area contributed by atoms with Crippen molar-refractivity contribution in [3.05, 3.63) is 29.8 Å². The molecule has 0 saturated heterocycles. The third-order valence-electron chi connectivity index (χ3n) is 4.75. The maximum Gasteiger partial charge on any atom is 0.0326 e. The van der Waals surface area contributed by atoms with E-state index in [0.29, 0.717) is 0 Å². The molecule has 4 unspecified atom stereocenters. The fraction of sp³-hybridized carbons (Fsp3) is 0.600. The second-order valence-corrected chi connectivity index (χ2v) is 6.52. The van der Waals surface area contributed by atoms with Crippen LogP contribution in [0.1, 0.15) is 37.3 Å². The number of nitrogens with two attached hydrogens (primary N) is 1. The second-order valence-electron chi connectivity index (χ2n) is 5.64. The van der Waals surface area contributed by atoms with Gasteiger partial charge in [0.15, 0.2) is 0 Å². The van der Waals surface area contributed by atoms with Gasteiger partial charge in [-0.3, -0.25) is 0 Å². The lowest BCUT2D eigenvalue weighted by atomic mass is 9.81. The van der Waals surface area contributed by atoms with E-state index in [-0.39, 0.29) is 6.04 Å². The SMILES string of the molecule is CSc1ccc(C(N)C2CC3CCC2C3)cc1. The molecule has 1 nitrogen and oxygen atoms in total. The molecule has 1 aromatic carbocycles. The van der Waals surface area contributed by atoms with Crippen LogP contribution in [0, 0.1) is 17.8 Å². The molecule has 17 heavy (non-hydrogen) atoms. The van der Waals surface area contributed by atoms with E-state index in [1.54, 1.807) is 11.8 Å². The Balaban J connectivity index is 1.74. The molecule has 0 amide bonds. The van der Waals surface area contributed by atoms with Gasteiger partial charge in [0.2, 0.25) is 0 Å². The van der Waals surface area contributed by atoms with Gasteiger partial charge in [0.05, 0.1) is 0 Å². The van der Waals surface area contributed by atoms with Crippen molar-refractivity contribution in [1.29, 1.82) is 0 Å². The summed E-state index contributed by atoms with van der Waals surface area (Å²) < 4.78 is 0. The predicted molar refractivity (Wildman–Crippen MR) is 74.1 cm³/mol. The van der Waals surface area contributed by atoms with E-state index >= 15 is 0 Å². The summed E-state index contributed by atoms with van der Waals surface area (Å²) in [5.41, 5.74) is 7.81. The van der Waals surface area contributed by atoms with Gasteiger partial charge in [-0.15, -0.1) is 11.8 Å². The molecule has 3 rings (SSSR count). The van der Waals surface area contributed by atoms with Crippen molar-refractivity contribution in [2.75, 3.05) is 6.26 Å². The molecule has 2 aliphatic rings. The van der Waals surface area contributed by atoms with Gasteiger partial charge in [-0.2, -0.15) is 0 Å². The van der Waals surface area contributed by atoms with E-state index in [0.717, 1.165) is 17.8 Å². The van der Waals surface area contributed by atoms with Gasteiger partial charge < -0.3 is 5.73 Å². The lowest BCUT2D eigenvalue weighted by molar-refractivity contribution is 0.284. The van der Waals surface area contributed by atoms with Crippen LogP contribution in [-0.2, 0) is 0 Å². The number of thioether (sulfide) groups is 1. The molecule has 2 saturated carbocycles. The molecule has 92 valence electrons. The van der Waals surface area contributed by atoms with Crippen molar-refractivity contribution < 1.29 is 0 Å². The van der Waals surface area contributed by atoms with Gasteiger partial charge in [0, 0.05) is 10.9 Å². The van der Waals surface area contributed by atoms with Gasteiger partial charge >= 0.3 is 0 Å². The van der Waals surface area contributed by atoms with Gasteiger partial charge in [0.25, 0.3) is 0 Å². The van der Waals surface area contributed by atoms with Gasteiger partial charge in [0.1, 0.15) is 0 Å². The Bertz CT molecular complexity index is 386. The van der Waals surface area contributed by atoms with Crippen LogP contribution >= 0.6 is 11.8 Å². The monoisotopic (exact) mass is 247 g/mol. The van der Waals surface area contributed by atoms with Crippen LogP contribution < -0.4 is 5.73 Å². The van der Waals surface area contributed by atoms with Crippen LogP contribution in [0.2, 0.25) is 0 Å². The summed E-state index contributed by atoms with van der Waals surface area (Å²) in [7, 11) is 0. The van der Waals surface area contributed by atoms with Crippen molar-refractivity contribution in [2.24, 2.45) is 23.5 Å². The van der Waals surface area contributed by atoms with Crippen LogP contribution in [0.15, 0.2) is 29.2 Å². The first-order valence-electron chi connectivity index (χ1n) is 6.67. The highest BCUT2D eigenvalue weighted by molar-refractivity contribution is 7.98. The zero-order chi connectivity index (χ0) is 11.8. The minimum absolute atomic E-state index is 0.265. The van der Waals surface area contributed by atoms with E-state index in [2.05, 4.69) is 30.5 Å². The average molecular weight is 247 g/mol. The molecule has 2 bridgehead atoms. The predicted octanol–water partition coefficient (Wildman–Crippen LogP) is 3.84. The quantitative estimate of drug-likeness (QED) is 0.821. The average Bonchev–Trinajstić information content (AvgIpc) is 3.00. The third kappa shape index (κ3) is 2.13. The number of rotatable bonds is 3. The standard InChI is InChI=1S/C15H21NS/c1-17-13-6-4-11(5-7-13)15(16)14-9-10-2-3-12(14)8-10/h4-7,10,12,14-15H,2-3,8-9,16H2,1H3. The van der Waals surface area contributed by atoms with E-state index in [9.17, 15) is 0 Å². The van der Waals surface area contributed by atoms with Gasteiger partial charge in [-0.25, -0.2) is 0 Å². The molecular weight excluding hydrogens is 226 g/mol. The Kier molecular flexibility index (Phi) is 3.18. The molecule has 0 aliphatic heterocycles. The van der Waals surface area contributed by atoms with Crippen LogP contribution in [0.25, 0.3) is 0 Å². The highest BCUT2D eigenvalue weighted by Gasteiger charge is 2.42. The molecule has 4 atom stereocenters. The Labute approximate surface area is 108 Å². The van der Waals surface area contributed by atoms with Crippen LogP contribution in [0.5, 0.6) is 0 Å². The van der Waals surface area contributed by atoms with Crippen LogP contribution in [-0.4, -0.2) is 6.26 Å². The largest absolute Gasteiger partial charge is 0.324 e. The first-order valence-corrected chi connectivity index (χ1v) is 7.90. The highest BCUT2D eigenvalue weighted by Crippen LogP contribution is 2.51. The minimum Gasteiger partial charge on any atom is -0.324 e. The van der Waals surface area contributed by atoms with E-state index in [4.69, 9.17) is 5.73 Å². The fourth-order valence-corrected chi connectivity index (χ4v) is 4.22. The number of hydrogen-bond acceptors (Lipinski definition) is 2. The van der Waals surface area contributed by atoms with Crippen LogP contribution in [0.3, 0.4) is 0 Å². The van der Waals surface area contributed by atoms with Crippen molar-refractivity contribution in [3.8, 4) is 0 Å². The molecule has 0 heterocycles. The molecule has 2 fully saturated rings. The molecule has 0 spiro atoms. The van der Waals surface area contributed by atoms with Crippen molar-refractivity contribution in [1.82, 2.24) is 0 Å². The lowest BCUT2D eigenvalue weighted by Crippen LogP contribution is -2.25. The van der Waals surface area contributed by atoms with Gasteiger partial charge in [-0.1, -0.05) is 18.6 Å². The first-order chi connectivity index (χ1) is 8.28. The second kappa shape index (κ2) is 4.66. The smallest absolute Gasteiger partial charge is 0.0326 e. The van der Waals surface area contributed by atoms with E-state index in [1.807, 2.05) is 0 Å². The Hall–Kier alpha value is -0.470. The fourth-order valence-electron chi connectivity index (χ4n) is 3.81. The Morgan fingerprint density at radius 2 is 1.94 bits per heavy atom. The van der Waals surface area contributed by atoms with E-state index in [1.165, 1.54) is 36.1 Å². The molecule has 1 aromatic rings. The van der Waals surface area contributed by atoms with Crippen molar-refractivity contribution >= 4 is 11.8 Å². The number of hydrogen-bond donors (Lipinski definition) is 1. The molecule has 0 radical (unpaired) electrons. The maximum absolute atomic E-state index is 6.47.